The number of imidazole rings is 1. The number of fused-ring (bicyclic) bond motifs is 1. The van der Waals surface area contributed by atoms with Crippen LogP contribution < -0.4 is 5.73 Å². The van der Waals surface area contributed by atoms with E-state index in [0.717, 1.165) is 23.5 Å². The largest absolute Gasteiger partial charge is 0.330 e. The number of hydrogen-bond acceptors (Lipinski definition) is 3. The second-order valence-electron chi connectivity index (χ2n) is 5.04. The molecule has 16 heavy (non-hydrogen) atoms. The SMILES string of the molecule is CC(C)(C)c1ccc2nc(CCN)cn2n1. The van der Waals surface area contributed by atoms with E-state index < -0.39 is 0 Å². The molecule has 2 aromatic heterocycles. The molecule has 86 valence electrons. The van der Waals surface area contributed by atoms with Gasteiger partial charge < -0.3 is 5.73 Å². The molecule has 4 heteroatoms. The quantitative estimate of drug-likeness (QED) is 0.831. The molecular weight excluding hydrogens is 200 g/mol. The van der Waals surface area contributed by atoms with E-state index in [9.17, 15) is 0 Å². The van der Waals surface area contributed by atoms with Crippen molar-refractivity contribution in [3.8, 4) is 0 Å². The number of nitrogens with zero attached hydrogens (tertiary/aromatic N) is 3. The monoisotopic (exact) mass is 218 g/mol. The number of hydrogen-bond donors (Lipinski definition) is 1. The number of rotatable bonds is 2. The van der Waals surface area contributed by atoms with Gasteiger partial charge in [0, 0.05) is 11.8 Å². The molecule has 0 unspecified atom stereocenters. The molecule has 0 bridgehead atoms. The summed E-state index contributed by atoms with van der Waals surface area (Å²) in [5, 5.41) is 4.56. The van der Waals surface area contributed by atoms with E-state index in [2.05, 4.69) is 30.9 Å². The predicted octanol–water partition coefficient (Wildman–Crippen LogP) is 1.53. The molecule has 0 aliphatic heterocycles. The number of aromatic nitrogens is 3. The van der Waals surface area contributed by atoms with Gasteiger partial charge in [0.1, 0.15) is 0 Å². The molecule has 0 atom stereocenters. The van der Waals surface area contributed by atoms with Gasteiger partial charge in [-0.25, -0.2) is 9.50 Å². The van der Waals surface area contributed by atoms with Gasteiger partial charge in [0.2, 0.25) is 0 Å². The molecule has 0 aliphatic rings. The van der Waals surface area contributed by atoms with Crippen LogP contribution in [0.25, 0.3) is 5.65 Å². The molecule has 2 N–H and O–H groups in total. The lowest BCUT2D eigenvalue weighted by Gasteiger charge is -2.16. The van der Waals surface area contributed by atoms with Crippen molar-refractivity contribution in [2.75, 3.05) is 6.54 Å². The first kappa shape index (κ1) is 11.1. The predicted molar refractivity (Wildman–Crippen MR) is 64.4 cm³/mol. The molecule has 0 aliphatic carbocycles. The van der Waals surface area contributed by atoms with Crippen molar-refractivity contribution < 1.29 is 0 Å². The summed E-state index contributed by atoms with van der Waals surface area (Å²) in [7, 11) is 0. The zero-order valence-corrected chi connectivity index (χ0v) is 10.1. The van der Waals surface area contributed by atoms with Gasteiger partial charge in [-0.05, 0) is 18.7 Å². The summed E-state index contributed by atoms with van der Waals surface area (Å²) in [6.07, 6.45) is 2.76. The van der Waals surface area contributed by atoms with Gasteiger partial charge in [0.15, 0.2) is 5.65 Å². The Morgan fingerprint density at radius 1 is 1.31 bits per heavy atom. The lowest BCUT2D eigenvalue weighted by molar-refractivity contribution is 0.554. The highest BCUT2D eigenvalue weighted by Crippen LogP contribution is 2.19. The molecule has 0 spiro atoms. The van der Waals surface area contributed by atoms with Gasteiger partial charge in [-0.15, -0.1) is 0 Å². The third kappa shape index (κ3) is 2.07. The van der Waals surface area contributed by atoms with E-state index in [-0.39, 0.29) is 5.41 Å². The molecule has 0 fully saturated rings. The van der Waals surface area contributed by atoms with Crippen LogP contribution in [0.15, 0.2) is 18.3 Å². The van der Waals surface area contributed by atoms with Crippen molar-refractivity contribution in [1.82, 2.24) is 14.6 Å². The zero-order valence-electron chi connectivity index (χ0n) is 10.1. The fourth-order valence-electron chi connectivity index (χ4n) is 1.60. The van der Waals surface area contributed by atoms with Crippen LogP contribution in [0.5, 0.6) is 0 Å². The van der Waals surface area contributed by atoms with Gasteiger partial charge in [-0.1, -0.05) is 20.8 Å². The number of nitrogens with two attached hydrogens (primary N) is 1. The maximum atomic E-state index is 5.51. The third-order valence-corrected chi connectivity index (χ3v) is 2.54. The molecule has 2 rings (SSSR count). The van der Waals surface area contributed by atoms with Crippen LogP contribution in [0.4, 0.5) is 0 Å². The van der Waals surface area contributed by atoms with Crippen LogP contribution in [0.1, 0.15) is 32.2 Å². The highest BCUT2D eigenvalue weighted by molar-refractivity contribution is 5.39. The average molecular weight is 218 g/mol. The Labute approximate surface area is 95.5 Å². The minimum Gasteiger partial charge on any atom is -0.330 e. The molecule has 4 nitrogen and oxygen atoms in total. The molecule has 0 saturated carbocycles. The van der Waals surface area contributed by atoms with Crippen LogP contribution in [0, 0.1) is 0 Å². The van der Waals surface area contributed by atoms with E-state index in [4.69, 9.17) is 5.73 Å². The Morgan fingerprint density at radius 3 is 2.69 bits per heavy atom. The summed E-state index contributed by atoms with van der Waals surface area (Å²) < 4.78 is 1.84. The molecule has 2 aromatic rings. The maximum Gasteiger partial charge on any atom is 0.153 e. The normalized spacial score (nSPS) is 12.2. The van der Waals surface area contributed by atoms with Crippen LogP contribution in [-0.2, 0) is 11.8 Å². The van der Waals surface area contributed by atoms with E-state index in [1.165, 1.54) is 0 Å². The van der Waals surface area contributed by atoms with Gasteiger partial charge in [0.25, 0.3) is 0 Å². The van der Waals surface area contributed by atoms with Gasteiger partial charge >= 0.3 is 0 Å². The van der Waals surface area contributed by atoms with E-state index >= 15 is 0 Å². The lowest BCUT2D eigenvalue weighted by atomic mass is 9.92. The van der Waals surface area contributed by atoms with Crippen LogP contribution in [0.2, 0.25) is 0 Å². The zero-order chi connectivity index (χ0) is 11.8. The summed E-state index contributed by atoms with van der Waals surface area (Å²) in [4.78, 5) is 4.45. The average Bonchev–Trinajstić information content (AvgIpc) is 2.57. The minimum absolute atomic E-state index is 0.0620. The summed E-state index contributed by atoms with van der Waals surface area (Å²) in [5.74, 6) is 0. The van der Waals surface area contributed by atoms with Gasteiger partial charge in [-0.2, -0.15) is 5.10 Å². The Kier molecular flexibility index (Phi) is 2.68. The highest BCUT2D eigenvalue weighted by Gasteiger charge is 2.16. The standard InChI is InChI=1S/C12H18N4/c1-12(2,3)10-4-5-11-14-9(6-7-13)8-16(11)15-10/h4-5,8H,6-7,13H2,1-3H3. The van der Waals surface area contributed by atoms with E-state index in [1.807, 2.05) is 22.8 Å². The Balaban J connectivity index is 2.46. The first-order chi connectivity index (χ1) is 7.50. The lowest BCUT2D eigenvalue weighted by Crippen LogP contribution is -2.15. The molecule has 0 aromatic carbocycles. The van der Waals surface area contributed by atoms with Crippen molar-refractivity contribution in [2.45, 2.75) is 32.6 Å². The van der Waals surface area contributed by atoms with Crippen molar-refractivity contribution in [1.29, 1.82) is 0 Å². The second kappa shape index (κ2) is 3.87. The Bertz CT molecular complexity index is 493. The van der Waals surface area contributed by atoms with Crippen molar-refractivity contribution in [3.05, 3.63) is 29.7 Å². The summed E-state index contributed by atoms with van der Waals surface area (Å²) in [6.45, 7) is 7.08. The minimum atomic E-state index is 0.0620. The molecule has 0 saturated heterocycles. The smallest absolute Gasteiger partial charge is 0.153 e. The molecule has 0 radical (unpaired) electrons. The fourth-order valence-corrected chi connectivity index (χ4v) is 1.60. The van der Waals surface area contributed by atoms with Crippen molar-refractivity contribution in [3.63, 3.8) is 0 Å². The molecule has 0 amide bonds. The van der Waals surface area contributed by atoms with Crippen molar-refractivity contribution in [2.24, 2.45) is 5.73 Å². The fraction of sp³-hybridized carbons (Fsp3) is 0.500. The van der Waals surface area contributed by atoms with Crippen LogP contribution >= 0.6 is 0 Å². The third-order valence-electron chi connectivity index (χ3n) is 2.54. The highest BCUT2D eigenvalue weighted by atomic mass is 15.2. The summed E-state index contributed by atoms with van der Waals surface area (Å²) in [5.41, 5.74) is 8.53. The van der Waals surface area contributed by atoms with Gasteiger partial charge in [-0.3, -0.25) is 0 Å². The van der Waals surface area contributed by atoms with Crippen LogP contribution in [0.3, 0.4) is 0 Å². The maximum absolute atomic E-state index is 5.51. The first-order valence-corrected chi connectivity index (χ1v) is 5.56. The van der Waals surface area contributed by atoms with E-state index in [1.54, 1.807) is 0 Å². The Morgan fingerprint density at radius 2 is 2.06 bits per heavy atom. The Hall–Kier alpha value is -1.42. The topological polar surface area (TPSA) is 56.2 Å². The van der Waals surface area contributed by atoms with E-state index in [0.29, 0.717) is 6.54 Å². The molecular formula is C12H18N4. The first-order valence-electron chi connectivity index (χ1n) is 5.56. The molecule has 2 heterocycles. The van der Waals surface area contributed by atoms with Crippen LogP contribution in [-0.4, -0.2) is 21.1 Å². The summed E-state index contributed by atoms with van der Waals surface area (Å²) >= 11 is 0. The van der Waals surface area contributed by atoms with Crippen molar-refractivity contribution >= 4 is 5.65 Å². The summed E-state index contributed by atoms with van der Waals surface area (Å²) in [6, 6.07) is 4.04. The van der Waals surface area contributed by atoms with Gasteiger partial charge in [0.05, 0.1) is 17.6 Å². The second-order valence-corrected chi connectivity index (χ2v) is 5.04.